The highest BCUT2D eigenvalue weighted by molar-refractivity contribution is 6.42. The number of hydrogen-bond acceptors (Lipinski definition) is 4. The van der Waals surface area contributed by atoms with Crippen molar-refractivity contribution in [2.45, 2.75) is 26.9 Å². The first-order valence-corrected chi connectivity index (χ1v) is 12.3. The summed E-state index contributed by atoms with van der Waals surface area (Å²) in [6.07, 6.45) is 4.20. The summed E-state index contributed by atoms with van der Waals surface area (Å²) in [7, 11) is 0. The van der Waals surface area contributed by atoms with Crippen molar-refractivity contribution in [1.29, 1.82) is 0 Å². The highest BCUT2D eigenvalue weighted by Crippen LogP contribution is 2.36. The number of hydrogen-bond donors (Lipinski definition) is 0. The number of anilines is 1. The Hall–Kier alpha value is -3.54. The summed E-state index contributed by atoms with van der Waals surface area (Å²) in [5.74, 6) is 1.03. The first-order valence-electron chi connectivity index (χ1n) is 11.5. The number of benzene rings is 3. The Morgan fingerprint density at radius 1 is 1.03 bits per heavy atom. The molecule has 1 aliphatic rings. The van der Waals surface area contributed by atoms with Gasteiger partial charge in [0.05, 0.1) is 33.6 Å². The predicted octanol–water partition coefficient (Wildman–Crippen LogP) is 7.51. The minimum Gasteiger partial charge on any atom is -0.490 e. The van der Waals surface area contributed by atoms with Crippen molar-refractivity contribution in [2.24, 2.45) is 5.10 Å². The average Bonchev–Trinajstić information content (AvgIpc) is 3.15. The Bertz CT molecular complexity index is 1350. The van der Waals surface area contributed by atoms with Gasteiger partial charge in [-0.2, -0.15) is 10.1 Å². The van der Waals surface area contributed by atoms with Crippen LogP contribution in [0.25, 0.3) is 6.08 Å². The molecule has 0 atom stereocenters. The van der Waals surface area contributed by atoms with Crippen molar-refractivity contribution in [3.05, 3.63) is 106 Å². The fourth-order valence-electron chi connectivity index (χ4n) is 3.88. The Morgan fingerprint density at radius 3 is 2.50 bits per heavy atom. The summed E-state index contributed by atoms with van der Waals surface area (Å²) < 4.78 is 12.1. The molecule has 0 N–H and O–H groups in total. The van der Waals surface area contributed by atoms with E-state index in [1.54, 1.807) is 18.2 Å². The molecule has 0 aliphatic carbocycles. The summed E-state index contributed by atoms with van der Waals surface area (Å²) >= 11 is 12.2. The van der Waals surface area contributed by atoms with Crippen molar-refractivity contribution >= 4 is 46.6 Å². The molecule has 0 spiro atoms. The molecule has 4 rings (SSSR count). The van der Waals surface area contributed by atoms with Gasteiger partial charge in [0.15, 0.2) is 11.5 Å². The number of para-hydroxylation sites is 1. The number of halogens is 2. The van der Waals surface area contributed by atoms with E-state index in [1.807, 2.05) is 68.5 Å². The van der Waals surface area contributed by atoms with Crippen LogP contribution in [-0.4, -0.2) is 18.2 Å². The van der Waals surface area contributed by atoms with E-state index in [4.69, 9.17) is 32.7 Å². The molecule has 0 saturated heterocycles. The van der Waals surface area contributed by atoms with Crippen LogP contribution in [0.3, 0.4) is 0 Å². The average molecular weight is 521 g/mol. The van der Waals surface area contributed by atoms with Gasteiger partial charge in [0.25, 0.3) is 5.91 Å². The second-order valence-corrected chi connectivity index (χ2v) is 8.98. The van der Waals surface area contributed by atoms with Crippen molar-refractivity contribution in [2.75, 3.05) is 11.6 Å². The van der Waals surface area contributed by atoms with Crippen LogP contribution in [0.15, 0.2) is 84.0 Å². The number of carbonyl (C=O) groups excluding carboxylic acids is 1. The monoisotopic (exact) mass is 520 g/mol. The number of amides is 1. The van der Waals surface area contributed by atoms with E-state index in [2.05, 4.69) is 11.7 Å². The molecule has 36 heavy (non-hydrogen) atoms. The van der Waals surface area contributed by atoms with E-state index >= 15 is 0 Å². The zero-order valence-electron chi connectivity index (χ0n) is 20.1. The molecule has 0 radical (unpaired) electrons. The Balaban J connectivity index is 1.67. The van der Waals surface area contributed by atoms with E-state index in [0.29, 0.717) is 45.9 Å². The molecule has 3 aromatic carbocycles. The third-order valence-corrected chi connectivity index (χ3v) is 6.30. The molecule has 0 saturated carbocycles. The molecule has 0 aromatic heterocycles. The van der Waals surface area contributed by atoms with Gasteiger partial charge in [-0.3, -0.25) is 4.79 Å². The Kier molecular flexibility index (Phi) is 8.14. The molecule has 184 valence electrons. The van der Waals surface area contributed by atoms with Crippen LogP contribution in [0.2, 0.25) is 10.0 Å². The van der Waals surface area contributed by atoms with Crippen LogP contribution in [0.5, 0.6) is 11.5 Å². The third kappa shape index (κ3) is 5.64. The summed E-state index contributed by atoms with van der Waals surface area (Å²) in [5.41, 5.74) is 4.47. The SMILES string of the molecule is C=CCc1cc(/C=C2/C(=O)N(c3ccccc3)N=C2C)cc(OCC)c1OCc1ccc(Cl)c(Cl)c1. The normalized spacial score (nSPS) is 14.2. The minimum atomic E-state index is -0.179. The molecule has 0 unspecified atom stereocenters. The number of nitrogens with zero attached hydrogens (tertiary/aromatic N) is 2. The number of ether oxygens (including phenoxy) is 2. The van der Waals surface area contributed by atoms with Crippen LogP contribution in [0.4, 0.5) is 5.69 Å². The highest BCUT2D eigenvalue weighted by Gasteiger charge is 2.28. The van der Waals surface area contributed by atoms with Gasteiger partial charge in [-0.05, 0) is 73.9 Å². The summed E-state index contributed by atoms with van der Waals surface area (Å²) in [6, 6.07) is 18.6. The van der Waals surface area contributed by atoms with Crippen LogP contribution in [-0.2, 0) is 17.8 Å². The van der Waals surface area contributed by atoms with Gasteiger partial charge in [0, 0.05) is 5.56 Å². The molecular formula is C29H26Cl2N2O3. The smallest absolute Gasteiger partial charge is 0.280 e. The summed E-state index contributed by atoms with van der Waals surface area (Å²) in [6.45, 7) is 8.38. The van der Waals surface area contributed by atoms with Crippen LogP contribution in [0, 0.1) is 0 Å². The van der Waals surface area contributed by atoms with E-state index < -0.39 is 0 Å². The standard InChI is InChI=1S/C29H26Cl2N2O3/c1-4-9-22-14-21(15-24-19(3)32-33(29(24)34)23-10-7-6-8-11-23)17-27(35-5-2)28(22)36-18-20-12-13-25(30)26(31)16-20/h4,6-8,10-17H,1,5,9,18H2,2-3H3/b24-15+. The maximum absolute atomic E-state index is 13.2. The lowest BCUT2D eigenvalue weighted by Crippen LogP contribution is -2.21. The molecule has 0 bridgehead atoms. The quantitative estimate of drug-likeness (QED) is 0.216. The fraction of sp³-hybridized carbons (Fsp3) is 0.172. The zero-order chi connectivity index (χ0) is 25.7. The molecule has 5 nitrogen and oxygen atoms in total. The number of carbonyl (C=O) groups is 1. The van der Waals surface area contributed by atoms with Crippen LogP contribution < -0.4 is 14.5 Å². The van der Waals surface area contributed by atoms with Crippen molar-refractivity contribution in [3.63, 3.8) is 0 Å². The fourth-order valence-corrected chi connectivity index (χ4v) is 4.20. The third-order valence-electron chi connectivity index (χ3n) is 5.56. The highest BCUT2D eigenvalue weighted by atomic mass is 35.5. The minimum absolute atomic E-state index is 0.179. The van der Waals surface area contributed by atoms with Gasteiger partial charge in [0.2, 0.25) is 0 Å². The lowest BCUT2D eigenvalue weighted by atomic mass is 10.0. The lowest BCUT2D eigenvalue weighted by Gasteiger charge is -2.17. The largest absolute Gasteiger partial charge is 0.490 e. The van der Waals surface area contributed by atoms with Gasteiger partial charge in [-0.1, -0.05) is 53.5 Å². The molecule has 3 aromatic rings. The van der Waals surface area contributed by atoms with Crippen LogP contribution >= 0.6 is 23.2 Å². The van der Waals surface area contributed by atoms with Crippen molar-refractivity contribution in [1.82, 2.24) is 0 Å². The van der Waals surface area contributed by atoms with Crippen LogP contribution in [0.1, 0.15) is 30.5 Å². The Morgan fingerprint density at radius 2 is 1.81 bits per heavy atom. The maximum Gasteiger partial charge on any atom is 0.280 e. The van der Waals surface area contributed by atoms with Gasteiger partial charge in [-0.25, -0.2) is 0 Å². The van der Waals surface area contributed by atoms with Crippen molar-refractivity contribution < 1.29 is 14.3 Å². The first-order chi connectivity index (χ1) is 17.4. The molecule has 7 heteroatoms. The van der Waals surface area contributed by atoms with Gasteiger partial charge < -0.3 is 9.47 Å². The van der Waals surface area contributed by atoms with Gasteiger partial charge >= 0.3 is 0 Å². The van der Waals surface area contributed by atoms with Gasteiger partial charge in [0.1, 0.15) is 6.61 Å². The Labute approximate surface area is 221 Å². The second-order valence-electron chi connectivity index (χ2n) is 8.17. The maximum atomic E-state index is 13.2. The van der Waals surface area contributed by atoms with E-state index in [1.165, 1.54) is 5.01 Å². The topological polar surface area (TPSA) is 51.1 Å². The lowest BCUT2D eigenvalue weighted by molar-refractivity contribution is -0.114. The molecule has 1 amide bonds. The molecular weight excluding hydrogens is 495 g/mol. The molecule has 0 fully saturated rings. The van der Waals surface area contributed by atoms with Crippen molar-refractivity contribution in [3.8, 4) is 11.5 Å². The summed E-state index contributed by atoms with van der Waals surface area (Å²) in [5, 5.41) is 6.85. The van der Waals surface area contributed by atoms with E-state index in [9.17, 15) is 4.79 Å². The zero-order valence-corrected chi connectivity index (χ0v) is 21.6. The number of allylic oxidation sites excluding steroid dienone is 1. The first kappa shape index (κ1) is 25.5. The predicted molar refractivity (Wildman–Crippen MR) is 147 cm³/mol. The number of rotatable bonds is 9. The van der Waals surface area contributed by atoms with E-state index in [0.717, 1.165) is 22.4 Å². The second kappa shape index (κ2) is 11.5. The van der Waals surface area contributed by atoms with Gasteiger partial charge in [-0.15, -0.1) is 6.58 Å². The van der Waals surface area contributed by atoms with E-state index in [-0.39, 0.29) is 12.5 Å². The molecule has 1 aliphatic heterocycles. The molecule has 1 heterocycles. The summed E-state index contributed by atoms with van der Waals surface area (Å²) in [4.78, 5) is 13.2. The number of hydrazone groups is 1.